The van der Waals surface area contributed by atoms with Crippen molar-refractivity contribution in [2.24, 2.45) is 0 Å². The molecule has 0 unspecified atom stereocenters. The molecule has 1 amide bonds. The van der Waals surface area contributed by atoms with Crippen LogP contribution in [0.3, 0.4) is 0 Å². The highest BCUT2D eigenvalue weighted by Crippen LogP contribution is 2.25. The minimum absolute atomic E-state index is 0.0397. The van der Waals surface area contributed by atoms with Crippen LogP contribution in [-0.4, -0.2) is 20.7 Å². The van der Waals surface area contributed by atoms with Crippen LogP contribution in [0, 0.1) is 0 Å². The van der Waals surface area contributed by atoms with Crippen LogP contribution in [0.5, 0.6) is 0 Å². The fourth-order valence-corrected chi connectivity index (χ4v) is 3.29. The van der Waals surface area contributed by atoms with Crippen molar-refractivity contribution in [1.82, 2.24) is 14.8 Å². The average Bonchev–Trinajstić information content (AvgIpc) is 3.16. The summed E-state index contributed by atoms with van der Waals surface area (Å²) in [6.45, 7) is 0. The molecule has 0 saturated heterocycles. The molecule has 4 aromatic rings. The Labute approximate surface area is 185 Å². The molecule has 1 aromatic heterocycles. The summed E-state index contributed by atoms with van der Waals surface area (Å²) < 4.78 is 2.56. The molecule has 29 heavy (non-hydrogen) atoms. The van der Waals surface area contributed by atoms with Crippen molar-refractivity contribution >= 4 is 50.7 Å². The van der Waals surface area contributed by atoms with E-state index in [1.807, 2.05) is 36.4 Å². The van der Waals surface area contributed by atoms with Crippen LogP contribution in [0.15, 0.2) is 77.3 Å². The van der Waals surface area contributed by atoms with E-state index in [9.17, 15) is 4.79 Å². The second-order valence-corrected chi connectivity index (χ2v) is 7.91. The van der Waals surface area contributed by atoms with E-state index in [-0.39, 0.29) is 5.82 Å². The summed E-state index contributed by atoms with van der Waals surface area (Å²) in [5, 5.41) is 8.38. The van der Waals surface area contributed by atoms with Gasteiger partial charge in [-0.25, -0.2) is 9.67 Å². The lowest BCUT2D eigenvalue weighted by Crippen LogP contribution is -2.14. The molecule has 1 N–H and O–H groups in total. The largest absolute Gasteiger partial charge is 0.319 e. The van der Waals surface area contributed by atoms with E-state index in [4.69, 9.17) is 23.2 Å². The molecule has 3 aromatic carbocycles. The lowest BCUT2D eigenvalue weighted by molar-refractivity contribution is 0.101. The molecule has 0 aliphatic carbocycles. The number of anilines is 1. The molecule has 0 bridgehead atoms. The smallest absolute Gasteiger partial charge is 0.295 e. The third-order valence-electron chi connectivity index (χ3n) is 4.07. The maximum atomic E-state index is 12.7. The Kier molecular flexibility index (Phi) is 5.67. The number of aromatic nitrogens is 3. The van der Waals surface area contributed by atoms with Gasteiger partial charge in [0, 0.05) is 25.8 Å². The molecule has 0 saturated carbocycles. The Bertz CT molecular complexity index is 1170. The van der Waals surface area contributed by atoms with E-state index in [1.165, 1.54) is 0 Å². The third kappa shape index (κ3) is 4.50. The molecule has 0 atom stereocenters. The number of nitrogens with one attached hydrogen (secondary N) is 1. The van der Waals surface area contributed by atoms with Crippen molar-refractivity contribution in [3.63, 3.8) is 0 Å². The van der Waals surface area contributed by atoms with Gasteiger partial charge in [-0.05, 0) is 60.7 Å². The van der Waals surface area contributed by atoms with E-state index in [2.05, 4.69) is 31.3 Å². The number of amides is 1. The fraction of sp³-hybridized carbons (Fsp3) is 0. The van der Waals surface area contributed by atoms with Crippen LogP contribution in [0.25, 0.3) is 17.1 Å². The lowest BCUT2D eigenvalue weighted by atomic mass is 10.2. The third-order valence-corrected chi connectivity index (χ3v) is 5.08. The molecule has 5 nitrogen and oxygen atoms in total. The molecule has 144 valence electrons. The number of halogens is 3. The zero-order valence-electron chi connectivity index (χ0n) is 14.8. The van der Waals surface area contributed by atoms with E-state index in [1.54, 1.807) is 41.1 Å². The summed E-state index contributed by atoms with van der Waals surface area (Å²) in [5.74, 6) is 0.125. The number of carbonyl (C=O) groups excluding carboxylic acids is 1. The standard InChI is InChI=1S/C21H13BrCl2N4O/c22-14-4-10-18(11-5-14)28-20(13-2-1-3-16(24)12-13)26-19(27-28)21(29)25-17-8-6-15(23)7-9-17/h1-12H,(H,25,29). The van der Waals surface area contributed by atoms with Crippen molar-refractivity contribution in [3.05, 3.63) is 93.1 Å². The van der Waals surface area contributed by atoms with Gasteiger partial charge < -0.3 is 5.32 Å². The van der Waals surface area contributed by atoms with Gasteiger partial charge in [-0.2, -0.15) is 0 Å². The Morgan fingerprint density at radius 2 is 1.66 bits per heavy atom. The summed E-state index contributed by atoms with van der Waals surface area (Å²) in [7, 11) is 0. The minimum atomic E-state index is -0.425. The maximum Gasteiger partial charge on any atom is 0.295 e. The van der Waals surface area contributed by atoms with E-state index >= 15 is 0 Å². The van der Waals surface area contributed by atoms with E-state index < -0.39 is 5.91 Å². The summed E-state index contributed by atoms with van der Waals surface area (Å²) in [6.07, 6.45) is 0. The van der Waals surface area contributed by atoms with Crippen molar-refractivity contribution in [1.29, 1.82) is 0 Å². The van der Waals surface area contributed by atoms with Crippen molar-refractivity contribution in [2.45, 2.75) is 0 Å². The normalized spacial score (nSPS) is 10.7. The van der Waals surface area contributed by atoms with Crippen molar-refractivity contribution in [3.8, 4) is 17.1 Å². The molecule has 8 heteroatoms. The van der Waals surface area contributed by atoms with Crippen LogP contribution in [0.4, 0.5) is 5.69 Å². The molecule has 0 aliphatic heterocycles. The number of hydrogen-bond acceptors (Lipinski definition) is 3. The molecular formula is C21H13BrCl2N4O. The molecule has 0 fully saturated rings. The van der Waals surface area contributed by atoms with Crippen LogP contribution in [0.2, 0.25) is 10.0 Å². The highest BCUT2D eigenvalue weighted by molar-refractivity contribution is 9.10. The first-order chi connectivity index (χ1) is 14.0. The quantitative estimate of drug-likeness (QED) is 0.369. The van der Waals surface area contributed by atoms with Crippen molar-refractivity contribution in [2.75, 3.05) is 5.32 Å². The molecule has 0 radical (unpaired) electrons. The van der Waals surface area contributed by atoms with Gasteiger partial charge in [-0.3, -0.25) is 4.79 Å². The van der Waals surface area contributed by atoms with Gasteiger partial charge >= 0.3 is 0 Å². The maximum absolute atomic E-state index is 12.7. The molecule has 1 heterocycles. The Hall–Kier alpha value is -2.67. The van der Waals surface area contributed by atoms with Crippen LogP contribution < -0.4 is 5.32 Å². The Morgan fingerprint density at radius 3 is 2.34 bits per heavy atom. The van der Waals surface area contributed by atoms with Gasteiger partial charge in [-0.15, -0.1) is 5.10 Å². The molecule has 4 rings (SSSR count). The van der Waals surface area contributed by atoms with Gasteiger partial charge in [0.1, 0.15) is 0 Å². The van der Waals surface area contributed by atoms with Crippen LogP contribution in [-0.2, 0) is 0 Å². The first kappa shape index (κ1) is 19.6. The Morgan fingerprint density at radius 1 is 0.931 bits per heavy atom. The highest BCUT2D eigenvalue weighted by Gasteiger charge is 2.19. The second kappa shape index (κ2) is 8.37. The fourth-order valence-electron chi connectivity index (χ4n) is 2.71. The second-order valence-electron chi connectivity index (χ2n) is 6.12. The zero-order valence-corrected chi connectivity index (χ0v) is 17.9. The summed E-state index contributed by atoms with van der Waals surface area (Å²) in [4.78, 5) is 17.2. The number of carbonyl (C=O) groups is 1. The summed E-state index contributed by atoms with van der Waals surface area (Å²) >= 11 is 15.5. The first-order valence-electron chi connectivity index (χ1n) is 8.55. The summed E-state index contributed by atoms with van der Waals surface area (Å²) in [5.41, 5.74) is 2.11. The van der Waals surface area contributed by atoms with Gasteiger partial charge in [-0.1, -0.05) is 51.3 Å². The number of nitrogens with zero attached hydrogens (tertiary/aromatic N) is 3. The van der Waals surface area contributed by atoms with Crippen molar-refractivity contribution < 1.29 is 4.79 Å². The molecule has 0 aliphatic rings. The van der Waals surface area contributed by atoms with Gasteiger partial charge in [0.2, 0.25) is 5.82 Å². The number of benzene rings is 3. The highest BCUT2D eigenvalue weighted by atomic mass is 79.9. The van der Waals surface area contributed by atoms with Gasteiger partial charge in [0.25, 0.3) is 5.91 Å². The topological polar surface area (TPSA) is 59.8 Å². The number of hydrogen-bond donors (Lipinski definition) is 1. The zero-order chi connectivity index (χ0) is 20.4. The number of rotatable bonds is 4. The first-order valence-corrected chi connectivity index (χ1v) is 10.1. The van der Waals surface area contributed by atoms with Crippen LogP contribution in [0.1, 0.15) is 10.6 Å². The SMILES string of the molecule is O=C(Nc1ccc(Cl)cc1)c1nc(-c2cccc(Cl)c2)n(-c2ccc(Br)cc2)n1. The molecular weight excluding hydrogens is 475 g/mol. The predicted molar refractivity (Wildman–Crippen MR) is 119 cm³/mol. The average molecular weight is 488 g/mol. The summed E-state index contributed by atoms with van der Waals surface area (Å²) in [6, 6.07) is 21.6. The predicted octanol–water partition coefficient (Wildman–Crippen LogP) is 6.26. The van der Waals surface area contributed by atoms with Gasteiger partial charge in [0.05, 0.1) is 5.69 Å². The minimum Gasteiger partial charge on any atom is -0.319 e. The van der Waals surface area contributed by atoms with Crippen LogP contribution >= 0.6 is 39.1 Å². The van der Waals surface area contributed by atoms with E-state index in [0.717, 1.165) is 15.7 Å². The Balaban J connectivity index is 1.75. The monoisotopic (exact) mass is 486 g/mol. The van der Waals surface area contributed by atoms with Gasteiger partial charge in [0.15, 0.2) is 5.82 Å². The lowest BCUT2D eigenvalue weighted by Gasteiger charge is -2.06. The van der Waals surface area contributed by atoms with E-state index in [0.29, 0.717) is 21.6 Å². The molecule has 0 spiro atoms.